The van der Waals surface area contributed by atoms with Crippen molar-refractivity contribution in [3.8, 4) is 0 Å². The maximum Gasteiger partial charge on any atom is 0.475 e. The number of allylic oxidation sites excluding steroid dienone is 2. The fraction of sp³-hybridized carbons (Fsp3) is 0.883. The summed E-state index contributed by atoms with van der Waals surface area (Å²) in [7, 11) is -6.86. The molecule has 0 spiro atoms. The molecule has 0 radical (unpaired) electrons. The van der Waals surface area contributed by atoms with Crippen molar-refractivity contribution in [1.82, 2.24) is 0 Å². The van der Waals surface area contributed by atoms with Gasteiger partial charge in [0.25, 0.3) is 0 Å². The lowest BCUT2D eigenvalue weighted by Crippen LogP contribution is -2.34. The number of esters is 1. The van der Waals surface area contributed by atoms with Gasteiger partial charge in [-0.2, -0.15) is 0 Å². The fourth-order valence-electron chi connectivity index (χ4n) is 21.4. The minimum Gasteiger partial charge on any atom is -0.501 e. The molecule has 3 saturated heterocycles. The lowest BCUT2D eigenvalue weighted by molar-refractivity contribution is -0.140. The molecule has 8 fully saturated rings. The summed E-state index contributed by atoms with van der Waals surface area (Å²) in [4.78, 5) is 15.1. The van der Waals surface area contributed by atoms with E-state index in [9.17, 15) is 0 Å². The molecule has 640 valence electrons. The molecule has 5 saturated carbocycles. The van der Waals surface area contributed by atoms with Crippen LogP contribution in [0.25, 0.3) is 0 Å². The van der Waals surface area contributed by atoms with Crippen LogP contribution in [-0.4, -0.2) is 112 Å². The van der Waals surface area contributed by atoms with Crippen LogP contribution in [0.3, 0.4) is 0 Å². The summed E-state index contributed by atoms with van der Waals surface area (Å²) in [6.45, 7) is 15.8. The van der Waals surface area contributed by atoms with Crippen LogP contribution in [0, 0.1) is 52.8 Å². The van der Waals surface area contributed by atoms with Gasteiger partial charge in [-0.15, -0.1) is 0 Å². The van der Waals surface area contributed by atoms with Crippen LogP contribution < -0.4 is 0 Å². The minimum absolute atomic E-state index is 0.114. The monoisotopic (exact) mass is 1610 g/mol. The van der Waals surface area contributed by atoms with Gasteiger partial charge >= 0.3 is 21.6 Å². The maximum atomic E-state index is 16.0. The first-order valence-corrected chi connectivity index (χ1v) is 49.9. The third-order valence-corrected chi connectivity index (χ3v) is 31.8. The zero-order valence-corrected chi connectivity index (χ0v) is 73.4. The number of phosphoric acid groups is 2. The number of carbonyl (C=O) groups excluding carboxylic acids is 1. The van der Waals surface area contributed by atoms with E-state index in [1.54, 1.807) is 0 Å². The second-order valence-corrected chi connectivity index (χ2v) is 41.2. The SMILES string of the molecule is CCCC(CCCCCC1CCC(O[C@@H]2C[C@H](C)OC2COP(=O)(OC2CCCCCC2)OC2C[C@H](C)O[C@@H]2COP(=O)(OC2CCCCCCC2)OC2C[C@H](C)O[C@@H]2COC2CCCC(C(C)(C)CC)CC2)/C=C(\C(=O)OCc2ccccc2)CC(C2/C=C(\OC)CC(CC3CCC3)CCC2)C1)C1CCCCCCCC1. The molecule has 3 heterocycles. The van der Waals surface area contributed by atoms with Crippen LogP contribution >= 0.6 is 15.6 Å². The van der Waals surface area contributed by atoms with Crippen LogP contribution in [0.5, 0.6) is 0 Å². The highest BCUT2D eigenvalue weighted by Crippen LogP contribution is 2.58. The Bertz CT molecular complexity index is 2970. The molecule has 10 aliphatic rings. The third kappa shape index (κ3) is 29.7. The van der Waals surface area contributed by atoms with Crippen LogP contribution in [0.1, 0.15) is 369 Å². The molecule has 16 nitrogen and oxygen atoms in total. The first-order valence-electron chi connectivity index (χ1n) is 47.0. The quantitative estimate of drug-likeness (QED) is 0.0266. The van der Waals surface area contributed by atoms with Gasteiger partial charge in [-0.05, 0) is 188 Å². The summed E-state index contributed by atoms with van der Waals surface area (Å²) in [5.74, 6) is 5.62. The van der Waals surface area contributed by atoms with Gasteiger partial charge in [0.15, 0.2) is 0 Å². The number of hydrogen-bond acceptors (Lipinski definition) is 16. The molecule has 11 rings (SSSR count). The predicted octanol–water partition coefficient (Wildman–Crippen LogP) is 25.7. The van der Waals surface area contributed by atoms with Crippen LogP contribution in [0.2, 0.25) is 0 Å². The van der Waals surface area contributed by atoms with Crippen LogP contribution in [0.15, 0.2) is 53.8 Å². The standard InChI is InChI=1S/C94H158O16P2/c1-9-35-76(77-43-25-14-11-12-15-26-44-77)42-27-21-22-36-73-52-54-85(64-80(93(95)100-65-74-37-23-20-24-38-74)62-79(60-73)78-45-33-41-75(59-72-39-32-40-72)61-86(63-78)98-8)106-87-56-69(3)104-91(87)67-101-111(96,107-84-49-30-18-19-31-50-84)110-89-58-71(5)105-92(89)68-102-112(97,108-83-47-28-16-13-17-29-48-83)109-88-57-70(4)103-90(88)66-99-82-51-34-46-81(53-55-82)94(6,7)10-2/h20,23-24,37-38,63-64,69-73,75-79,81-85,87-92H,9-19,21-22,25-36,39-62,65-68H2,1-8H3/b80-64-,86-63-/t69-,70-,71-,73?,75?,76?,78?,79?,81?,82?,85?,87+,88?,89?,90+,91?,92+,111?,112?/m0/s1. The first-order chi connectivity index (χ1) is 54.4. The van der Waals surface area contributed by atoms with Crippen molar-refractivity contribution in [1.29, 1.82) is 0 Å². The van der Waals surface area contributed by atoms with Gasteiger partial charge in [-0.3, -0.25) is 27.1 Å². The Morgan fingerprint density at radius 1 is 0.518 bits per heavy atom. The molecule has 0 bridgehead atoms. The largest absolute Gasteiger partial charge is 0.501 e. The summed E-state index contributed by atoms with van der Waals surface area (Å²) in [5, 5.41) is 0. The molecule has 112 heavy (non-hydrogen) atoms. The second kappa shape index (κ2) is 47.3. The van der Waals surface area contributed by atoms with E-state index in [0.29, 0.717) is 61.0 Å². The topological polar surface area (TPSA) is 171 Å². The molecule has 0 aromatic heterocycles. The number of hydrogen-bond donors (Lipinski definition) is 0. The van der Waals surface area contributed by atoms with Crippen molar-refractivity contribution >= 4 is 21.6 Å². The average Bonchev–Trinajstić information content (AvgIpc) is 1.63. The number of methoxy groups -OCH3 is 1. The van der Waals surface area contributed by atoms with Gasteiger partial charge in [-0.25, -0.2) is 13.9 Å². The van der Waals surface area contributed by atoms with Crippen molar-refractivity contribution in [2.75, 3.05) is 26.9 Å². The number of unbranched alkanes of at least 4 members (excludes halogenated alkanes) is 2. The van der Waals surface area contributed by atoms with Crippen molar-refractivity contribution < 1.29 is 74.2 Å². The molecule has 13 unspecified atom stereocenters. The summed E-state index contributed by atoms with van der Waals surface area (Å²) in [6, 6.07) is 10.0. The molecule has 3 aliphatic heterocycles. The normalized spacial score (nSPS) is 34.4. The fourth-order valence-corrected chi connectivity index (χ4v) is 24.7. The molecule has 7 aliphatic carbocycles. The average molecular weight is 1610 g/mol. The molecule has 18 heteroatoms. The van der Waals surface area contributed by atoms with E-state index < -0.39 is 58.4 Å². The predicted molar refractivity (Wildman–Crippen MR) is 447 cm³/mol. The van der Waals surface area contributed by atoms with Crippen LogP contribution in [0.4, 0.5) is 0 Å². The van der Waals surface area contributed by atoms with E-state index >= 15 is 13.9 Å². The van der Waals surface area contributed by atoms with E-state index in [4.69, 9.17) is 60.3 Å². The Balaban J connectivity index is 0.808. The summed E-state index contributed by atoms with van der Waals surface area (Å²) in [5.41, 5.74) is 1.93. The smallest absolute Gasteiger partial charge is 0.475 e. The zero-order chi connectivity index (χ0) is 78.6. The lowest BCUT2D eigenvalue weighted by atomic mass is 9.72. The van der Waals surface area contributed by atoms with E-state index in [0.717, 1.165) is 177 Å². The Hall–Kier alpha value is -2.01. The summed E-state index contributed by atoms with van der Waals surface area (Å²) in [6.07, 6.45) is 53.0. The third-order valence-electron chi connectivity index (χ3n) is 28.7. The number of ether oxygens (including phenoxy) is 7. The molecule has 1 aromatic rings. The molecular formula is C94H158O16P2. The van der Waals surface area contributed by atoms with E-state index in [2.05, 4.69) is 46.8 Å². The highest BCUT2D eigenvalue weighted by atomic mass is 31.2. The van der Waals surface area contributed by atoms with Crippen LogP contribution in [-0.2, 0) is 80.8 Å². The highest BCUT2D eigenvalue weighted by Gasteiger charge is 2.49. The van der Waals surface area contributed by atoms with E-state index in [-0.39, 0.29) is 74.2 Å². The lowest BCUT2D eigenvalue weighted by Gasteiger charge is -2.34. The molecule has 19 atom stereocenters. The van der Waals surface area contributed by atoms with Gasteiger partial charge in [0, 0.05) is 31.3 Å². The number of phosphoric ester groups is 2. The first kappa shape index (κ1) is 90.7. The van der Waals surface area contributed by atoms with Gasteiger partial charge in [0.1, 0.15) is 37.1 Å². The highest BCUT2D eigenvalue weighted by molar-refractivity contribution is 7.48. The summed E-state index contributed by atoms with van der Waals surface area (Å²) < 4.78 is 119. The van der Waals surface area contributed by atoms with Crippen molar-refractivity contribution in [2.45, 2.75) is 449 Å². The Morgan fingerprint density at radius 3 is 1.66 bits per heavy atom. The second-order valence-electron chi connectivity index (χ2n) is 38.0. The van der Waals surface area contributed by atoms with Gasteiger partial charge in [-0.1, -0.05) is 251 Å². The zero-order valence-electron chi connectivity index (χ0n) is 71.6. The number of carbonyl (C=O) groups is 1. The van der Waals surface area contributed by atoms with Crippen molar-refractivity contribution in [3.63, 3.8) is 0 Å². The Morgan fingerprint density at radius 2 is 1.07 bits per heavy atom. The maximum absolute atomic E-state index is 16.0. The molecule has 0 amide bonds. The molecule has 0 N–H and O–H groups in total. The Labute approximate surface area is 680 Å². The van der Waals surface area contributed by atoms with Gasteiger partial charge in [0.05, 0.1) is 81.5 Å². The molecular weight excluding hydrogens is 1450 g/mol. The van der Waals surface area contributed by atoms with Crippen molar-refractivity contribution in [2.24, 2.45) is 52.8 Å². The molecule has 1 aromatic carbocycles. The van der Waals surface area contributed by atoms with E-state index in [1.165, 1.54) is 141 Å². The van der Waals surface area contributed by atoms with Gasteiger partial charge in [0.2, 0.25) is 0 Å². The Kier molecular flexibility index (Phi) is 38.3. The van der Waals surface area contributed by atoms with Gasteiger partial charge < -0.3 is 33.2 Å². The van der Waals surface area contributed by atoms with Crippen molar-refractivity contribution in [3.05, 3.63) is 59.4 Å². The van der Waals surface area contributed by atoms with E-state index in [1.807, 2.05) is 51.3 Å². The number of rotatable bonds is 37. The number of benzene rings is 1. The summed E-state index contributed by atoms with van der Waals surface area (Å²) >= 11 is 0. The minimum atomic E-state index is -4.42.